The molecule has 0 heterocycles. The van der Waals surface area contributed by atoms with Gasteiger partial charge in [-0.15, -0.1) is 0 Å². The van der Waals surface area contributed by atoms with E-state index in [0.717, 1.165) is 3.57 Å². The highest BCUT2D eigenvalue weighted by Gasteiger charge is 2.04. The Labute approximate surface area is 135 Å². The largest absolute Gasteiger partial charge is 0.481 e. The molecule has 0 bridgehead atoms. The smallest absolute Gasteiger partial charge is 0.323 e. The molecule has 0 unspecified atom stereocenters. The molecule has 6 heteroatoms. The van der Waals surface area contributed by atoms with E-state index in [9.17, 15) is 9.59 Å². The molecule has 0 saturated heterocycles. The van der Waals surface area contributed by atoms with Crippen LogP contribution in [0.1, 0.15) is 5.56 Å². The second kappa shape index (κ2) is 7.07. The van der Waals surface area contributed by atoms with E-state index < -0.39 is 5.97 Å². The summed E-state index contributed by atoms with van der Waals surface area (Å²) < 4.78 is 1.03. The number of nitrogens with one attached hydrogen (secondary N) is 2. The van der Waals surface area contributed by atoms with Crippen LogP contribution in [0.15, 0.2) is 48.5 Å². The van der Waals surface area contributed by atoms with E-state index in [1.54, 1.807) is 30.3 Å². The van der Waals surface area contributed by atoms with Crippen molar-refractivity contribution in [2.75, 3.05) is 10.6 Å². The molecule has 3 N–H and O–H groups in total. The van der Waals surface area contributed by atoms with Gasteiger partial charge in [0.1, 0.15) is 0 Å². The molecular weight excluding hydrogens is 383 g/mol. The molecule has 0 radical (unpaired) electrons. The number of anilines is 2. The number of halogens is 1. The first kappa shape index (κ1) is 15.3. The number of carboxylic acids is 1. The highest BCUT2D eigenvalue weighted by molar-refractivity contribution is 14.1. The van der Waals surface area contributed by atoms with Gasteiger partial charge in [-0.25, -0.2) is 4.79 Å². The van der Waals surface area contributed by atoms with Gasteiger partial charge in [0.2, 0.25) is 0 Å². The predicted octanol–water partition coefficient (Wildman–Crippen LogP) is 3.56. The fourth-order valence-corrected chi connectivity index (χ4v) is 2.28. The Bertz CT molecular complexity index is 656. The van der Waals surface area contributed by atoms with Crippen LogP contribution in [0.4, 0.5) is 16.2 Å². The minimum Gasteiger partial charge on any atom is -0.481 e. The molecule has 21 heavy (non-hydrogen) atoms. The Morgan fingerprint density at radius 2 is 1.67 bits per heavy atom. The van der Waals surface area contributed by atoms with Gasteiger partial charge >= 0.3 is 12.0 Å². The van der Waals surface area contributed by atoms with Crippen LogP contribution in [-0.4, -0.2) is 17.1 Å². The van der Waals surface area contributed by atoms with Crippen molar-refractivity contribution in [2.24, 2.45) is 0 Å². The third-order valence-electron chi connectivity index (χ3n) is 2.65. The second-order valence-electron chi connectivity index (χ2n) is 4.36. The fraction of sp³-hybridized carbons (Fsp3) is 0.0667. The Kier molecular flexibility index (Phi) is 5.15. The first-order valence-electron chi connectivity index (χ1n) is 6.17. The number of hydrogen-bond donors (Lipinski definition) is 3. The zero-order chi connectivity index (χ0) is 15.2. The lowest BCUT2D eigenvalue weighted by Crippen LogP contribution is -2.19. The standard InChI is InChI=1S/C15H13IN2O3/c16-11-2-1-3-13(9-11)18-15(21)17-12-6-4-10(5-7-12)8-14(19)20/h1-7,9H,8H2,(H,19,20)(H2,17,18,21). The van der Waals surface area contributed by atoms with Gasteiger partial charge in [0, 0.05) is 14.9 Å². The number of carbonyl (C=O) groups excluding carboxylic acids is 1. The van der Waals surface area contributed by atoms with Crippen LogP contribution in [0.2, 0.25) is 0 Å². The van der Waals surface area contributed by atoms with Gasteiger partial charge in [0.15, 0.2) is 0 Å². The zero-order valence-electron chi connectivity index (χ0n) is 11.0. The summed E-state index contributed by atoms with van der Waals surface area (Å²) in [6.07, 6.45) is -0.0328. The summed E-state index contributed by atoms with van der Waals surface area (Å²) in [7, 11) is 0. The van der Waals surface area contributed by atoms with Gasteiger partial charge in [0.05, 0.1) is 6.42 Å². The summed E-state index contributed by atoms with van der Waals surface area (Å²) in [4.78, 5) is 22.4. The number of hydrogen-bond acceptors (Lipinski definition) is 2. The highest BCUT2D eigenvalue weighted by Crippen LogP contribution is 2.14. The van der Waals surface area contributed by atoms with Gasteiger partial charge in [0.25, 0.3) is 0 Å². The van der Waals surface area contributed by atoms with Crippen molar-refractivity contribution in [1.29, 1.82) is 0 Å². The second-order valence-corrected chi connectivity index (χ2v) is 5.60. The summed E-state index contributed by atoms with van der Waals surface area (Å²) in [6.45, 7) is 0. The summed E-state index contributed by atoms with van der Waals surface area (Å²) in [5.41, 5.74) is 2.00. The average Bonchev–Trinajstić information content (AvgIpc) is 2.40. The average molecular weight is 396 g/mol. The number of benzene rings is 2. The normalized spacial score (nSPS) is 9.95. The van der Waals surface area contributed by atoms with E-state index in [0.29, 0.717) is 16.9 Å². The molecule has 0 spiro atoms. The molecule has 2 rings (SSSR count). The maximum absolute atomic E-state index is 11.8. The van der Waals surface area contributed by atoms with Gasteiger partial charge in [-0.3, -0.25) is 4.79 Å². The van der Waals surface area contributed by atoms with Crippen LogP contribution < -0.4 is 10.6 Å². The predicted molar refractivity (Wildman–Crippen MR) is 89.6 cm³/mol. The van der Waals surface area contributed by atoms with E-state index in [1.807, 2.05) is 18.2 Å². The quantitative estimate of drug-likeness (QED) is 0.692. The topological polar surface area (TPSA) is 78.4 Å². The van der Waals surface area contributed by atoms with Crippen LogP contribution in [0.5, 0.6) is 0 Å². The van der Waals surface area contributed by atoms with E-state index >= 15 is 0 Å². The summed E-state index contributed by atoms with van der Waals surface area (Å²) in [5.74, 6) is -0.882. The molecule has 0 atom stereocenters. The van der Waals surface area contributed by atoms with Gasteiger partial charge in [-0.05, 0) is 58.5 Å². The minimum absolute atomic E-state index is 0.0328. The van der Waals surface area contributed by atoms with E-state index in [2.05, 4.69) is 33.2 Å². The van der Waals surface area contributed by atoms with Crippen LogP contribution in [0.3, 0.4) is 0 Å². The summed E-state index contributed by atoms with van der Waals surface area (Å²) in [5, 5.41) is 14.1. The number of aliphatic carboxylic acids is 1. The van der Waals surface area contributed by atoms with E-state index in [4.69, 9.17) is 5.11 Å². The van der Waals surface area contributed by atoms with E-state index in [-0.39, 0.29) is 12.5 Å². The molecule has 2 amide bonds. The molecule has 2 aromatic carbocycles. The van der Waals surface area contributed by atoms with Crippen molar-refractivity contribution < 1.29 is 14.7 Å². The molecular formula is C15H13IN2O3. The monoisotopic (exact) mass is 396 g/mol. The Balaban J connectivity index is 1.95. The van der Waals surface area contributed by atoms with E-state index in [1.165, 1.54) is 0 Å². The molecule has 0 aliphatic heterocycles. The lowest BCUT2D eigenvalue weighted by Gasteiger charge is -2.08. The molecule has 108 valence electrons. The molecule has 2 aromatic rings. The Morgan fingerprint density at radius 3 is 2.29 bits per heavy atom. The van der Waals surface area contributed by atoms with Crippen LogP contribution >= 0.6 is 22.6 Å². The van der Waals surface area contributed by atoms with Crippen molar-refractivity contribution in [2.45, 2.75) is 6.42 Å². The minimum atomic E-state index is -0.882. The SMILES string of the molecule is O=C(O)Cc1ccc(NC(=O)Nc2cccc(I)c2)cc1. The van der Waals surface area contributed by atoms with Crippen LogP contribution in [0.25, 0.3) is 0 Å². The van der Waals surface area contributed by atoms with Gasteiger partial charge < -0.3 is 15.7 Å². The number of carboxylic acid groups (broad SMARTS) is 1. The van der Waals surface area contributed by atoms with Crippen LogP contribution in [-0.2, 0) is 11.2 Å². The summed E-state index contributed by atoms with van der Waals surface area (Å²) in [6, 6.07) is 13.8. The molecule has 0 aliphatic carbocycles. The van der Waals surface area contributed by atoms with Crippen molar-refractivity contribution in [3.8, 4) is 0 Å². The maximum atomic E-state index is 11.8. The molecule has 0 aromatic heterocycles. The highest BCUT2D eigenvalue weighted by atomic mass is 127. The third kappa shape index (κ3) is 5.07. The van der Waals surface area contributed by atoms with Crippen molar-refractivity contribution >= 4 is 46.0 Å². The molecule has 0 saturated carbocycles. The number of carbonyl (C=O) groups is 2. The summed E-state index contributed by atoms with van der Waals surface area (Å²) >= 11 is 2.17. The first-order valence-corrected chi connectivity index (χ1v) is 7.25. The third-order valence-corrected chi connectivity index (χ3v) is 3.32. The number of rotatable bonds is 4. The molecule has 0 aliphatic rings. The Hall–Kier alpha value is -2.09. The molecule has 5 nitrogen and oxygen atoms in total. The van der Waals surface area contributed by atoms with Gasteiger partial charge in [-0.2, -0.15) is 0 Å². The maximum Gasteiger partial charge on any atom is 0.323 e. The first-order chi connectivity index (χ1) is 10.0. The zero-order valence-corrected chi connectivity index (χ0v) is 13.1. The lowest BCUT2D eigenvalue weighted by atomic mass is 10.1. The molecule has 0 fully saturated rings. The number of urea groups is 1. The lowest BCUT2D eigenvalue weighted by molar-refractivity contribution is -0.136. The number of amides is 2. The van der Waals surface area contributed by atoms with Crippen molar-refractivity contribution in [3.05, 3.63) is 57.7 Å². The van der Waals surface area contributed by atoms with Crippen molar-refractivity contribution in [1.82, 2.24) is 0 Å². The van der Waals surface area contributed by atoms with Crippen molar-refractivity contribution in [3.63, 3.8) is 0 Å². The van der Waals surface area contributed by atoms with Gasteiger partial charge in [-0.1, -0.05) is 18.2 Å². The van der Waals surface area contributed by atoms with Crippen LogP contribution in [0, 0.1) is 3.57 Å². The Morgan fingerprint density at radius 1 is 1.00 bits per heavy atom. The fourth-order valence-electron chi connectivity index (χ4n) is 1.74.